The summed E-state index contributed by atoms with van der Waals surface area (Å²) >= 11 is 30.3. The van der Waals surface area contributed by atoms with Crippen LogP contribution in [0, 0.1) is 0 Å². The highest BCUT2D eigenvalue weighted by Gasteiger charge is 2.24. The van der Waals surface area contributed by atoms with Gasteiger partial charge in [-0.25, -0.2) is 41.8 Å². The number of pyridine rings is 2. The minimum absolute atomic E-state index is 0.00544. The summed E-state index contributed by atoms with van der Waals surface area (Å²) in [6.07, 6.45) is 3.07. The average Bonchev–Trinajstić information content (AvgIpc) is 3.06. The molecule has 260 valence electrons. The number of sulfonamides is 2. The van der Waals surface area contributed by atoms with Gasteiger partial charge in [0.05, 0.1) is 34.3 Å². The largest absolute Gasteiger partial charge is 0.478 e. The summed E-state index contributed by atoms with van der Waals surface area (Å²) in [5.74, 6) is -0.231. The molecule has 0 spiro atoms. The fraction of sp³-hybridized carbons (Fsp3) is 0.0714. The van der Waals surface area contributed by atoms with Crippen LogP contribution >= 0.6 is 78.3 Å². The van der Waals surface area contributed by atoms with E-state index in [1.165, 1.54) is 56.8 Å². The lowest BCUT2D eigenvalue weighted by molar-refractivity contribution is 0.400. The SMILES string of the molecule is COc1nc2cc(Br)cnc2nc1NS(=O)(=O)c1cccc(Cl)c1Cl.COc1nc2ncc(Br)cc2nc1NS(=O)(=O)c1cccc(Cl)c1Cl. The lowest BCUT2D eigenvalue weighted by Gasteiger charge is -2.12. The fourth-order valence-corrected chi connectivity index (χ4v) is 8.14. The first kappa shape index (κ1) is 37.9. The number of aromatic nitrogens is 6. The monoisotopic (exact) mass is 924 g/mol. The molecule has 22 heteroatoms. The van der Waals surface area contributed by atoms with E-state index >= 15 is 0 Å². The number of ether oxygens (including phenoxy) is 2. The predicted octanol–water partition coefficient (Wildman–Crippen LogP) is 7.81. The molecule has 4 heterocycles. The van der Waals surface area contributed by atoms with E-state index in [1.807, 2.05) is 0 Å². The van der Waals surface area contributed by atoms with Gasteiger partial charge in [0.1, 0.15) is 20.8 Å². The van der Waals surface area contributed by atoms with E-state index < -0.39 is 20.0 Å². The van der Waals surface area contributed by atoms with Crippen LogP contribution in [-0.4, -0.2) is 61.0 Å². The topological polar surface area (TPSA) is 188 Å². The zero-order chi connectivity index (χ0) is 36.4. The lowest BCUT2D eigenvalue weighted by atomic mass is 10.4. The van der Waals surface area contributed by atoms with E-state index in [-0.39, 0.29) is 58.9 Å². The Labute approximate surface area is 321 Å². The second-order valence-corrected chi connectivity index (χ2v) is 16.2. The van der Waals surface area contributed by atoms with Gasteiger partial charge in [0, 0.05) is 21.3 Å². The fourth-order valence-electron chi connectivity index (χ4n) is 3.98. The Morgan fingerprint density at radius 1 is 0.620 bits per heavy atom. The van der Waals surface area contributed by atoms with Crippen molar-refractivity contribution in [3.63, 3.8) is 0 Å². The second kappa shape index (κ2) is 15.5. The smallest absolute Gasteiger partial charge is 0.264 e. The zero-order valence-corrected chi connectivity index (χ0v) is 32.8. The molecule has 6 rings (SSSR count). The van der Waals surface area contributed by atoms with E-state index in [0.29, 0.717) is 25.6 Å². The van der Waals surface area contributed by atoms with Crippen LogP contribution in [0.3, 0.4) is 0 Å². The van der Waals surface area contributed by atoms with Gasteiger partial charge in [-0.2, -0.15) is 4.98 Å². The molecule has 0 saturated heterocycles. The van der Waals surface area contributed by atoms with Gasteiger partial charge in [0.25, 0.3) is 31.8 Å². The van der Waals surface area contributed by atoms with Crippen molar-refractivity contribution in [3.8, 4) is 11.8 Å². The molecule has 0 bridgehead atoms. The summed E-state index contributed by atoms with van der Waals surface area (Å²) in [7, 11) is -5.42. The molecule has 0 aliphatic heterocycles. The van der Waals surface area contributed by atoms with Crippen molar-refractivity contribution in [2.45, 2.75) is 9.79 Å². The Balaban J connectivity index is 0.000000194. The zero-order valence-electron chi connectivity index (χ0n) is 25.0. The van der Waals surface area contributed by atoms with Crippen LogP contribution in [0.25, 0.3) is 22.3 Å². The van der Waals surface area contributed by atoms with Crippen LogP contribution in [-0.2, 0) is 20.0 Å². The van der Waals surface area contributed by atoms with Crippen LogP contribution < -0.4 is 18.9 Å². The molecule has 0 radical (unpaired) electrons. The summed E-state index contributed by atoms with van der Waals surface area (Å²) in [5, 5.41) is 0.0575. The Hall–Kier alpha value is -3.36. The number of halogens is 6. The number of nitrogens with zero attached hydrogens (tertiary/aromatic N) is 6. The summed E-state index contributed by atoms with van der Waals surface area (Å²) in [4.78, 5) is 24.6. The number of anilines is 2. The molecule has 0 amide bonds. The van der Waals surface area contributed by atoms with Gasteiger partial charge in [-0.15, -0.1) is 0 Å². The highest BCUT2D eigenvalue weighted by Crippen LogP contribution is 2.33. The number of rotatable bonds is 8. The Morgan fingerprint density at radius 2 is 1.04 bits per heavy atom. The van der Waals surface area contributed by atoms with Crippen molar-refractivity contribution >= 4 is 132 Å². The molecule has 0 atom stereocenters. The maximum absolute atomic E-state index is 12.6. The van der Waals surface area contributed by atoms with Crippen molar-refractivity contribution in [1.29, 1.82) is 0 Å². The molecule has 2 aromatic carbocycles. The third kappa shape index (κ3) is 8.39. The molecular formula is C28H18Br2Cl4N8O6S2. The van der Waals surface area contributed by atoms with E-state index in [9.17, 15) is 16.8 Å². The molecular weight excluding hydrogens is 910 g/mol. The van der Waals surface area contributed by atoms with Gasteiger partial charge in [-0.05, 0) is 68.3 Å². The molecule has 14 nitrogen and oxygen atoms in total. The van der Waals surface area contributed by atoms with Gasteiger partial charge in [-0.3, -0.25) is 9.44 Å². The first-order valence-electron chi connectivity index (χ1n) is 13.3. The van der Waals surface area contributed by atoms with Crippen LogP contribution in [0.4, 0.5) is 11.6 Å². The van der Waals surface area contributed by atoms with Gasteiger partial charge in [0.15, 0.2) is 11.3 Å². The second-order valence-electron chi connectivity index (χ2n) is 9.47. The molecule has 50 heavy (non-hydrogen) atoms. The third-order valence-corrected chi connectivity index (χ3v) is 11.7. The van der Waals surface area contributed by atoms with Gasteiger partial charge in [-0.1, -0.05) is 58.5 Å². The molecule has 0 fully saturated rings. The highest BCUT2D eigenvalue weighted by molar-refractivity contribution is 9.10. The summed E-state index contributed by atoms with van der Waals surface area (Å²) in [6, 6.07) is 11.9. The van der Waals surface area contributed by atoms with E-state index in [4.69, 9.17) is 55.9 Å². The maximum atomic E-state index is 12.6. The standard InChI is InChI=1S/2C14H9BrCl2N4O3S/c1-24-14-13(20-12-9(19-14)5-7(15)6-18-12)21-25(22,23)10-4-2-3-8(16)11(10)17;1-24-14-13(19-9-5-7(15)6-18-12(9)20-14)21-25(22,23)10-4-2-3-8(16)11(10)17/h2-6H,1H3,(H,18,20,21);2-6H,1H3,(H,19,21). The summed E-state index contributed by atoms with van der Waals surface area (Å²) in [6.45, 7) is 0. The van der Waals surface area contributed by atoms with E-state index in [0.717, 1.165) is 0 Å². The van der Waals surface area contributed by atoms with Crippen molar-refractivity contribution in [2.75, 3.05) is 23.7 Å². The number of methoxy groups -OCH3 is 2. The first-order valence-corrected chi connectivity index (χ1v) is 19.4. The molecule has 2 N–H and O–H groups in total. The van der Waals surface area contributed by atoms with Crippen molar-refractivity contribution in [2.24, 2.45) is 0 Å². The molecule has 0 saturated carbocycles. The number of benzene rings is 2. The number of fused-ring (bicyclic) bond motifs is 2. The predicted molar refractivity (Wildman–Crippen MR) is 198 cm³/mol. The van der Waals surface area contributed by atoms with E-state index in [2.05, 4.69) is 71.2 Å². The van der Waals surface area contributed by atoms with Crippen LogP contribution in [0.2, 0.25) is 20.1 Å². The maximum Gasteiger partial charge on any atom is 0.264 e. The number of nitrogens with one attached hydrogen (secondary N) is 2. The van der Waals surface area contributed by atoms with Crippen molar-refractivity contribution in [3.05, 3.63) is 90.0 Å². The average molecular weight is 928 g/mol. The third-order valence-electron chi connectivity index (χ3n) is 6.17. The summed E-state index contributed by atoms with van der Waals surface area (Å²) < 4.78 is 66.8. The van der Waals surface area contributed by atoms with Gasteiger partial charge < -0.3 is 9.47 Å². The van der Waals surface area contributed by atoms with Gasteiger partial charge >= 0.3 is 0 Å². The molecule has 0 aliphatic carbocycles. The van der Waals surface area contributed by atoms with Crippen molar-refractivity contribution in [1.82, 2.24) is 29.9 Å². The molecule has 4 aromatic heterocycles. The molecule has 0 aliphatic rings. The normalized spacial score (nSPS) is 11.5. The number of hydrogen-bond acceptors (Lipinski definition) is 12. The Morgan fingerprint density at radius 3 is 1.52 bits per heavy atom. The van der Waals surface area contributed by atoms with Gasteiger partial charge in [0.2, 0.25) is 11.6 Å². The van der Waals surface area contributed by atoms with E-state index in [1.54, 1.807) is 18.3 Å². The minimum Gasteiger partial charge on any atom is -0.478 e. The first-order chi connectivity index (χ1) is 23.6. The molecule has 0 unspecified atom stereocenters. The van der Waals surface area contributed by atoms with Crippen molar-refractivity contribution < 1.29 is 26.3 Å². The minimum atomic E-state index is -4.06. The highest BCUT2D eigenvalue weighted by atomic mass is 79.9. The van der Waals surface area contributed by atoms with Crippen LogP contribution in [0.5, 0.6) is 11.8 Å². The van der Waals surface area contributed by atoms with Crippen LogP contribution in [0.15, 0.2) is 79.7 Å². The van der Waals surface area contributed by atoms with Crippen LogP contribution in [0.1, 0.15) is 0 Å². The quantitative estimate of drug-likeness (QED) is 0.151. The lowest BCUT2D eigenvalue weighted by Crippen LogP contribution is -2.16. The molecule has 6 aromatic rings. The summed E-state index contributed by atoms with van der Waals surface area (Å²) in [5.41, 5.74) is 1.38. The number of hydrogen-bond donors (Lipinski definition) is 2. The Bertz CT molecular complexity index is 2500. The Kier molecular flexibility index (Phi) is 11.7.